The topological polar surface area (TPSA) is 88.2 Å². The molecule has 0 radical (unpaired) electrons. The third-order valence-electron chi connectivity index (χ3n) is 2.33. The van der Waals surface area contributed by atoms with Crippen LogP contribution in [0, 0.1) is 5.82 Å². The van der Waals surface area contributed by atoms with Crippen LogP contribution < -0.4 is 10.3 Å². The second-order valence-corrected chi connectivity index (χ2v) is 5.39. The summed E-state index contributed by atoms with van der Waals surface area (Å²) in [4.78, 5) is 17.0. The number of hydrazine groups is 1. The predicted molar refractivity (Wildman–Crippen MR) is 68.4 cm³/mol. The molecule has 104 valence electrons. The number of hydrogen-bond donors (Lipinski definition) is 2. The van der Waals surface area contributed by atoms with Crippen molar-refractivity contribution in [2.75, 3.05) is 0 Å². The lowest BCUT2D eigenvalue weighted by Gasteiger charge is -2.08. The molecule has 0 aliphatic carbocycles. The number of rotatable bonds is 4. The van der Waals surface area contributed by atoms with Crippen molar-refractivity contribution in [3.63, 3.8) is 0 Å². The zero-order chi connectivity index (χ0) is 14.6. The predicted octanol–water partition coefficient (Wildman–Crippen LogP) is 0.844. The van der Waals surface area contributed by atoms with Crippen LogP contribution in [-0.2, 0) is 10.0 Å². The van der Waals surface area contributed by atoms with Gasteiger partial charge in [-0.2, -0.15) is 0 Å². The lowest BCUT2D eigenvalue weighted by atomic mass is 10.3. The Morgan fingerprint density at radius 2 is 1.80 bits per heavy atom. The van der Waals surface area contributed by atoms with Gasteiger partial charge in [0.15, 0.2) is 11.5 Å². The van der Waals surface area contributed by atoms with Crippen LogP contribution in [-0.4, -0.2) is 19.3 Å². The maximum atomic E-state index is 13.3. The fourth-order valence-corrected chi connectivity index (χ4v) is 2.24. The molecule has 0 saturated carbocycles. The van der Waals surface area contributed by atoms with E-state index in [0.717, 1.165) is 6.07 Å². The number of benzene rings is 1. The van der Waals surface area contributed by atoms with E-state index in [1.807, 2.05) is 10.3 Å². The van der Waals surface area contributed by atoms with Gasteiger partial charge in [0.05, 0.1) is 4.90 Å². The summed E-state index contributed by atoms with van der Waals surface area (Å²) in [6.45, 7) is 0. The zero-order valence-electron chi connectivity index (χ0n) is 10.1. The zero-order valence-corrected chi connectivity index (χ0v) is 10.9. The Labute approximate surface area is 114 Å². The molecule has 0 aliphatic rings. The van der Waals surface area contributed by atoms with Crippen molar-refractivity contribution in [2.45, 2.75) is 4.90 Å². The van der Waals surface area contributed by atoms with Crippen LogP contribution in [0.25, 0.3) is 0 Å². The number of hydrogen-bond acceptors (Lipinski definition) is 4. The van der Waals surface area contributed by atoms with Crippen LogP contribution in [0.3, 0.4) is 0 Å². The number of nitrogens with zero attached hydrogens (tertiary/aromatic N) is 1. The van der Waals surface area contributed by atoms with Gasteiger partial charge in [0.1, 0.15) is 0 Å². The molecule has 0 atom stereocenters. The molecule has 1 aromatic carbocycles. The number of carbonyl (C=O) groups excluding carboxylic acids is 1. The Kier molecular flexibility index (Phi) is 4.06. The van der Waals surface area contributed by atoms with Gasteiger partial charge in [-0.15, -0.1) is 4.83 Å². The van der Waals surface area contributed by atoms with Crippen molar-refractivity contribution in [3.05, 3.63) is 60.2 Å². The van der Waals surface area contributed by atoms with Gasteiger partial charge in [-0.05, 0) is 24.3 Å². The Bertz CT molecular complexity index is 720. The second-order valence-electron chi connectivity index (χ2n) is 3.71. The fraction of sp³-hybridized carbons (Fsp3) is 0. The van der Waals surface area contributed by atoms with Crippen LogP contribution in [0.15, 0.2) is 53.6 Å². The number of sulfonamides is 1. The summed E-state index contributed by atoms with van der Waals surface area (Å²) >= 11 is 0. The molecule has 2 aromatic rings. The molecule has 2 N–H and O–H groups in total. The van der Waals surface area contributed by atoms with Crippen LogP contribution in [0.1, 0.15) is 10.5 Å². The maximum absolute atomic E-state index is 13.3. The number of amides is 1. The summed E-state index contributed by atoms with van der Waals surface area (Å²) in [6.07, 6.45) is 1.23. The van der Waals surface area contributed by atoms with Crippen LogP contribution in [0.4, 0.5) is 4.39 Å². The van der Waals surface area contributed by atoms with Crippen molar-refractivity contribution >= 4 is 15.9 Å². The largest absolute Gasteiger partial charge is 0.287 e. The molecule has 6 nitrogen and oxygen atoms in total. The van der Waals surface area contributed by atoms with Gasteiger partial charge >= 0.3 is 0 Å². The highest BCUT2D eigenvalue weighted by molar-refractivity contribution is 7.89. The summed E-state index contributed by atoms with van der Waals surface area (Å²) in [5.41, 5.74) is 1.40. The van der Waals surface area contributed by atoms with Crippen molar-refractivity contribution in [1.29, 1.82) is 0 Å². The van der Waals surface area contributed by atoms with Crippen LogP contribution in [0.5, 0.6) is 0 Å². The fourth-order valence-electron chi connectivity index (χ4n) is 1.38. The van der Waals surface area contributed by atoms with E-state index in [1.54, 1.807) is 6.07 Å². The minimum absolute atomic E-state index is 0.0261. The first-order valence-corrected chi connectivity index (χ1v) is 6.97. The molecule has 8 heteroatoms. The molecular formula is C12H10FN3O3S. The van der Waals surface area contributed by atoms with E-state index in [1.165, 1.54) is 36.5 Å². The summed E-state index contributed by atoms with van der Waals surface area (Å²) in [7, 11) is -3.91. The molecule has 0 bridgehead atoms. The second kappa shape index (κ2) is 5.76. The standard InChI is InChI=1S/C12H10FN3O3S/c13-10-7-4-8-14-11(10)12(17)15-16-20(18,19)9-5-2-1-3-6-9/h1-8,16H,(H,15,17). The molecule has 0 fully saturated rings. The Morgan fingerprint density at radius 3 is 2.45 bits per heavy atom. The first-order valence-electron chi connectivity index (χ1n) is 5.48. The number of nitrogens with one attached hydrogen (secondary N) is 2. The lowest BCUT2D eigenvalue weighted by molar-refractivity contribution is 0.0935. The van der Waals surface area contributed by atoms with Crippen molar-refractivity contribution < 1.29 is 17.6 Å². The Morgan fingerprint density at radius 1 is 1.10 bits per heavy atom. The molecule has 0 aliphatic heterocycles. The Balaban J connectivity index is 2.10. The van der Waals surface area contributed by atoms with Crippen LogP contribution in [0.2, 0.25) is 0 Å². The lowest BCUT2D eigenvalue weighted by Crippen LogP contribution is -2.42. The summed E-state index contributed by atoms with van der Waals surface area (Å²) in [6, 6.07) is 9.81. The van der Waals surface area contributed by atoms with E-state index in [4.69, 9.17) is 0 Å². The van der Waals surface area contributed by atoms with E-state index in [0.29, 0.717) is 0 Å². The monoisotopic (exact) mass is 295 g/mol. The normalized spacial score (nSPS) is 11.1. The average molecular weight is 295 g/mol. The van der Waals surface area contributed by atoms with E-state index in [9.17, 15) is 17.6 Å². The molecular weight excluding hydrogens is 285 g/mol. The van der Waals surface area contributed by atoms with Crippen LogP contribution >= 0.6 is 0 Å². The molecule has 0 unspecified atom stereocenters. The van der Waals surface area contributed by atoms with Gasteiger partial charge < -0.3 is 0 Å². The number of carbonyl (C=O) groups is 1. The minimum atomic E-state index is -3.91. The molecule has 20 heavy (non-hydrogen) atoms. The smallest absolute Gasteiger partial charge is 0.272 e. The SMILES string of the molecule is O=C(NNS(=O)(=O)c1ccccc1)c1ncccc1F. The van der Waals surface area contributed by atoms with Gasteiger partial charge in [-0.1, -0.05) is 18.2 Å². The molecule has 0 saturated heterocycles. The van der Waals surface area contributed by atoms with Gasteiger partial charge in [0, 0.05) is 6.20 Å². The van der Waals surface area contributed by atoms with Gasteiger partial charge in [-0.3, -0.25) is 10.2 Å². The van der Waals surface area contributed by atoms with Gasteiger partial charge in [0.25, 0.3) is 15.9 Å². The van der Waals surface area contributed by atoms with Crippen molar-refractivity contribution in [2.24, 2.45) is 0 Å². The quantitative estimate of drug-likeness (QED) is 0.818. The van der Waals surface area contributed by atoms with E-state index in [-0.39, 0.29) is 4.90 Å². The van der Waals surface area contributed by atoms with E-state index < -0.39 is 27.4 Å². The third kappa shape index (κ3) is 3.16. The average Bonchev–Trinajstić information content (AvgIpc) is 2.46. The molecule has 0 spiro atoms. The number of pyridine rings is 1. The van der Waals surface area contributed by atoms with E-state index in [2.05, 4.69) is 4.98 Å². The highest BCUT2D eigenvalue weighted by Crippen LogP contribution is 2.06. The van der Waals surface area contributed by atoms with E-state index >= 15 is 0 Å². The summed E-state index contributed by atoms with van der Waals surface area (Å²) < 4.78 is 36.9. The summed E-state index contributed by atoms with van der Waals surface area (Å²) in [5.74, 6) is -1.83. The molecule has 1 heterocycles. The highest BCUT2D eigenvalue weighted by atomic mass is 32.2. The van der Waals surface area contributed by atoms with Gasteiger partial charge in [-0.25, -0.2) is 17.8 Å². The molecule has 2 rings (SSSR count). The highest BCUT2D eigenvalue weighted by Gasteiger charge is 2.17. The molecule has 1 aromatic heterocycles. The minimum Gasteiger partial charge on any atom is -0.272 e. The summed E-state index contributed by atoms with van der Waals surface area (Å²) in [5, 5.41) is 0. The first kappa shape index (κ1) is 14.1. The third-order valence-corrected chi connectivity index (χ3v) is 3.59. The Hall–Kier alpha value is -2.32. The van der Waals surface area contributed by atoms with Crippen molar-refractivity contribution in [3.8, 4) is 0 Å². The number of aromatic nitrogens is 1. The van der Waals surface area contributed by atoms with Gasteiger partial charge in [0.2, 0.25) is 0 Å². The maximum Gasteiger partial charge on any atom is 0.287 e. The number of halogens is 1. The first-order chi connectivity index (χ1) is 9.50. The molecule has 1 amide bonds. The van der Waals surface area contributed by atoms with Crippen molar-refractivity contribution in [1.82, 2.24) is 15.2 Å².